The van der Waals surface area contributed by atoms with E-state index in [1.807, 2.05) is 60.7 Å². The van der Waals surface area contributed by atoms with Crippen LogP contribution in [-0.2, 0) is 0 Å². The average Bonchev–Trinajstić information content (AvgIpc) is 3.86. The largest absolute Gasteiger partial charge is 0.455 e. The number of fused-ring (bicyclic) bond motifs is 8. The summed E-state index contributed by atoms with van der Waals surface area (Å²) in [5.74, 6) is 0.639. The van der Waals surface area contributed by atoms with Gasteiger partial charge in [0.1, 0.15) is 22.2 Å². The lowest BCUT2D eigenvalue weighted by atomic mass is 9.97. The van der Waals surface area contributed by atoms with Gasteiger partial charge in [0.05, 0.1) is 17.1 Å². The van der Waals surface area contributed by atoms with E-state index in [9.17, 15) is 0 Å². The highest BCUT2D eigenvalue weighted by Gasteiger charge is 2.18. The lowest BCUT2D eigenvalue weighted by molar-refractivity contribution is 0.670. The maximum Gasteiger partial charge on any atom is 0.160 e. The highest BCUT2D eigenvalue weighted by molar-refractivity contribution is 6.19. The second-order valence-electron chi connectivity index (χ2n) is 13.5. The van der Waals surface area contributed by atoms with Gasteiger partial charge in [-0.3, -0.25) is 0 Å². The molecule has 6 heteroatoms. The van der Waals surface area contributed by atoms with Crippen LogP contribution in [0.5, 0.6) is 0 Å². The van der Waals surface area contributed by atoms with E-state index in [1.165, 1.54) is 0 Å². The zero-order chi connectivity index (χ0) is 35.6. The van der Waals surface area contributed by atoms with Crippen molar-refractivity contribution >= 4 is 54.5 Å². The minimum absolute atomic E-state index is 0.639. The first-order valence-electron chi connectivity index (χ1n) is 18.0. The third-order valence-electron chi connectivity index (χ3n) is 10.3. The number of hydrogen-bond donors (Lipinski definition) is 0. The predicted octanol–water partition coefficient (Wildman–Crippen LogP) is 12.1. The van der Waals surface area contributed by atoms with Crippen molar-refractivity contribution in [3.63, 3.8) is 0 Å². The highest BCUT2D eigenvalue weighted by Crippen LogP contribution is 2.39. The molecule has 252 valence electrons. The number of benzene rings is 8. The lowest BCUT2D eigenvalue weighted by Crippen LogP contribution is -1.97. The highest BCUT2D eigenvalue weighted by atomic mass is 16.3. The Kier molecular flexibility index (Phi) is 6.75. The SMILES string of the molecule is c1ccc(-c2cccc(-c3nc(-c4ccc5ccc6ccc7nn(-c8ccccc8)nc7c6c5c4)cc(-c4cccc5c4oc4ccccc45)n3)c2)cc1. The van der Waals surface area contributed by atoms with Crippen molar-refractivity contribution in [1.29, 1.82) is 0 Å². The van der Waals surface area contributed by atoms with Crippen molar-refractivity contribution < 1.29 is 4.42 Å². The number of hydrogen-bond acceptors (Lipinski definition) is 5. The third-order valence-corrected chi connectivity index (χ3v) is 10.3. The van der Waals surface area contributed by atoms with Crippen molar-refractivity contribution in [3.05, 3.63) is 176 Å². The summed E-state index contributed by atoms with van der Waals surface area (Å²) in [6.45, 7) is 0. The van der Waals surface area contributed by atoms with Gasteiger partial charge < -0.3 is 4.42 Å². The first-order chi connectivity index (χ1) is 26.7. The summed E-state index contributed by atoms with van der Waals surface area (Å²) in [6.07, 6.45) is 0. The Labute approximate surface area is 309 Å². The van der Waals surface area contributed by atoms with Crippen LogP contribution in [0, 0.1) is 0 Å². The second kappa shape index (κ2) is 12.1. The number of nitrogens with zero attached hydrogens (tertiary/aromatic N) is 5. The molecular formula is C48H29N5O. The molecule has 0 bridgehead atoms. The number of rotatable bonds is 5. The van der Waals surface area contributed by atoms with E-state index < -0.39 is 0 Å². The Morgan fingerprint density at radius 1 is 0.444 bits per heavy atom. The van der Waals surface area contributed by atoms with Crippen molar-refractivity contribution in [2.75, 3.05) is 0 Å². The van der Waals surface area contributed by atoms with E-state index in [0.717, 1.165) is 99.4 Å². The third kappa shape index (κ3) is 4.96. The molecule has 0 unspecified atom stereocenters. The fourth-order valence-electron chi connectivity index (χ4n) is 7.63. The Morgan fingerprint density at radius 3 is 2.06 bits per heavy atom. The molecule has 0 aliphatic carbocycles. The minimum atomic E-state index is 0.639. The minimum Gasteiger partial charge on any atom is -0.455 e. The zero-order valence-corrected chi connectivity index (χ0v) is 28.9. The lowest BCUT2D eigenvalue weighted by Gasteiger charge is -2.12. The van der Waals surface area contributed by atoms with Gasteiger partial charge in [0.25, 0.3) is 0 Å². The molecular weight excluding hydrogens is 663 g/mol. The van der Waals surface area contributed by atoms with Crippen LogP contribution in [0.1, 0.15) is 0 Å². The molecule has 0 aliphatic heterocycles. The molecule has 0 atom stereocenters. The Balaban J connectivity index is 1.14. The number of aromatic nitrogens is 5. The van der Waals surface area contributed by atoms with E-state index >= 15 is 0 Å². The average molecular weight is 692 g/mol. The molecule has 3 aromatic heterocycles. The summed E-state index contributed by atoms with van der Waals surface area (Å²) >= 11 is 0. The first-order valence-corrected chi connectivity index (χ1v) is 18.0. The number of para-hydroxylation sites is 3. The van der Waals surface area contributed by atoms with Gasteiger partial charge in [0.15, 0.2) is 5.82 Å². The summed E-state index contributed by atoms with van der Waals surface area (Å²) in [5, 5.41) is 16.4. The van der Waals surface area contributed by atoms with Crippen LogP contribution in [0.15, 0.2) is 180 Å². The maximum absolute atomic E-state index is 6.51. The summed E-state index contributed by atoms with van der Waals surface area (Å²) in [6, 6.07) is 60.5. The van der Waals surface area contributed by atoms with Crippen molar-refractivity contribution in [2.24, 2.45) is 0 Å². The molecule has 0 aliphatic rings. The Morgan fingerprint density at radius 2 is 1.15 bits per heavy atom. The fraction of sp³-hybridized carbons (Fsp3) is 0. The molecule has 0 N–H and O–H groups in total. The van der Waals surface area contributed by atoms with E-state index in [2.05, 4.69) is 115 Å². The smallest absolute Gasteiger partial charge is 0.160 e. The molecule has 11 aromatic rings. The van der Waals surface area contributed by atoms with Crippen LogP contribution in [0.4, 0.5) is 0 Å². The van der Waals surface area contributed by atoms with Crippen LogP contribution in [0.2, 0.25) is 0 Å². The zero-order valence-electron chi connectivity index (χ0n) is 28.9. The normalized spacial score (nSPS) is 11.7. The van der Waals surface area contributed by atoms with E-state index in [-0.39, 0.29) is 0 Å². The molecule has 8 aromatic carbocycles. The van der Waals surface area contributed by atoms with Crippen LogP contribution in [0.3, 0.4) is 0 Å². The Bertz CT molecular complexity index is 3220. The van der Waals surface area contributed by atoms with Crippen LogP contribution >= 0.6 is 0 Å². The topological polar surface area (TPSA) is 69.6 Å². The fourth-order valence-corrected chi connectivity index (χ4v) is 7.63. The molecule has 0 spiro atoms. The summed E-state index contributed by atoms with van der Waals surface area (Å²) in [4.78, 5) is 12.2. The monoisotopic (exact) mass is 691 g/mol. The summed E-state index contributed by atoms with van der Waals surface area (Å²) in [5.41, 5.74) is 10.9. The molecule has 0 saturated heterocycles. The van der Waals surface area contributed by atoms with Gasteiger partial charge in [-0.1, -0.05) is 127 Å². The molecule has 0 amide bonds. The van der Waals surface area contributed by atoms with Crippen molar-refractivity contribution in [1.82, 2.24) is 25.0 Å². The molecule has 0 fully saturated rings. The quantitative estimate of drug-likeness (QED) is 0.168. The molecule has 6 nitrogen and oxygen atoms in total. The standard InChI is InChI=1S/C48H29N5O/c1-3-11-30(12-4-1)33-13-9-14-35(27-33)48-49-42(29-43(50-48)39-19-10-18-38-37-17-7-8-20-44(37)54-47(38)39)34-24-22-31-21-23-32-25-26-41-46(45(32)40(31)28-34)52-53(51-41)36-15-5-2-6-16-36/h1-29H. The maximum atomic E-state index is 6.51. The first kappa shape index (κ1) is 30.2. The molecule has 11 rings (SSSR count). The van der Waals surface area contributed by atoms with Gasteiger partial charge in [-0.15, -0.1) is 10.2 Å². The van der Waals surface area contributed by atoms with Crippen LogP contribution < -0.4 is 0 Å². The van der Waals surface area contributed by atoms with Gasteiger partial charge >= 0.3 is 0 Å². The van der Waals surface area contributed by atoms with Crippen molar-refractivity contribution in [3.8, 4) is 50.7 Å². The summed E-state index contributed by atoms with van der Waals surface area (Å²) in [7, 11) is 0. The predicted molar refractivity (Wildman–Crippen MR) is 218 cm³/mol. The van der Waals surface area contributed by atoms with Crippen molar-refractivity contribution in [2.45, 2.75) is 0 Å². The van der Waals surface area contributed by atoms with E-state index in [4.69, 9.17) is 24.6 Å². The molecule has 0 radical (unpaired) electrons. The van der Waals surface area contributed by atoms with Gasteiger partial charge in [-0.05, 0) is 75.8 Å². The van der Waals surface area contributed by atoms with Gasteiger partial charge in [-0.25, -0.2) is 9.97 Å². The van der Waals surface area contributed by atoms with E-state index in [0.29, 0.717) is 5.82 Å². The van der Waals surface area contributed by atoms with Crippen LogP contribution in [0.25, 0.3) is 105 Å². The summed E-state index contributed by atoms with van der Waals surface area (Å²) < 4.78 is 6.51. The van der Waals surface area contributed by atoms with Gasteiger partial charge in [0.2, 0.25) is 0 Å². The second-order valence-corrected chi connectivity index (χ2v) is 13.5. The molecule has 0 saturated carbocycles. The Hall–Kier alpha value is -7.44. The molecule has 3 heterocycles. The number of furan rings is 1. The van der Waals surface area contributed by atoms with Gasteiger partial charge in [-0.2, -0.15) is 4.80 Å². The van der Waals surface area contributed by atoms with E-state index in [1.54, 1.807) is 4.80 Å². The van der Waals surface area contributed by atoms with Crippen LogP contribution in [-0.4, -0.2) is 25.0 Å². The molecule has 54 heavy (non-hydrogen) atoms. The van der Waals surface area contributed by atoms with Gasteiger partial charge in [0, 0.05) is 32.8 Å².